The first-order chi connectivity index (χ1) is 6.88. The summed E-state index contributed by atoms with van der Waals surface area (Å²) in [7, 11) is 0. The molecule has 0 aromatic carbocycles. The van der Waals surface area contributed by atoms with E-state index in [1.54, 1.807) is 4.90 Å². The van der Waals surface area contributed by atoms with Crippen LogP contribution in [0.4, 0.5) is 4.79 Å². The Morgan fingerprint density at radius 3 is 2.60 bits per heavy atom. The number of rotatable bonds is 0. The summed E-state index contributed by atoms with van der Waals surface area (Å²) >= 11 is 4.45. The van der Waals surface area contributed by atoms with Crippen LogP contribution in [-0.4, -0.2) is 34.9 Å². The first-order valence-corrected chi connectivity index (χ1v) is 6.06. The summed E-state index contributed by atoms with van der Waals surface area (Å²) in [5, 5.41) is 0.428. The van der Waals surface area contributed by atoms with Gasteiger partial charge in [-0.25, -0.2) is 4.79 Å². The largest absolute Gasteiger partial charge is 0.444 e. The average molecular weight is 231 g/mol. The van der Waals surface area contributed by atoms with Crippen LogP contribution >= 0.6 is 12.6 Å². The standard InChI is InChI=1S/C11H21NO2S/c1-11(2,3)14-10(13)12-7-4-5-9(15)6-8-12/h9,15H,4-8H2,1-3H3/t9-/m1/s1. The number of hydrogen-bond donors (Lipinski definition) is 1. The highest BCUT2D eigenvalue weighted by molar-refractivity contribution is 7.80. The van der Waals surface area contributed by atoms with Gasteiger partial charge in [-0.1, -0.05) is 0 Å². The molecular formula is C11H21NO2S. The van der Waals surface area contributed by atoms with E-state index in [-0.39, 0.29) is 6.09 Å². The number of hydrogen-bond acceptors (Lipinski definition) is 3. The third kappa shape index (κ3) is 4.78. The normalized spacial score (nSPS) is 23.5. The Morgan fingerprint density at radius 2 is 2.00 bits per heavy atom. The Bertz CT molecular complexity index is 225. The van der Waals surface area contributed by atoms with Crippen LogP contribution in [0.5, 0.6) is 0 Å². The zero-order chi connectivity index (χ0) is 11.5. The van der Waals surface area contributed by atoms with Crippen LogP contribution in [0.3, 0.4) is 0 Å². The quantitative estimate of drug-likeness (QED) is 0.650. The SMILES string of the molecule is CC(C)(C)OC(=O)N1CCC[C@@H](S)CC1. The molecule has 4 heteroatoms. The van der Waals surface area contributed by atoms with Crippen molar-refractivity contribution in [1.29, 1.82) is 0 Å². The number of carbonyl (C=O) groups excluding carboxylic acids is 1. The van der Waals surface area contributed by atoms with Crippen LogP contribution in [-0.2, 0) is 4.74 Å². The maximum atomic E-state index is 11.8. The number of nitrogens with zero attached hydrogens (tertiary/aromatic N) is 1. The zero-order valence-electron chi connectivity index (χ0n) is 9.82. The molecule has 0 saturated carbocycles. The van der Waals surface area contributed by atoms with E-state index in [1.165, 1.54) is 0 Å². The average Bonchev–Trinajstić information content (AvgIpc) is 2.26. The predicted octanol–water partition coefficient (Wildman–Crippen LogP) is 2.71. The second-order valence-corrected chi connectivity index (χ2v) is 5.78. The minimum Gasteiger partial charge on any atom is -0.444 e. The lowest BCUT2D eigenvalue weighted by atomic mass is 10.2. The molecule has 15 heavy (non-hydrogen) atoms. The molecule has 1 aliphatic rings. The van der Waals surface area contributed by atoms with Crippen LogP contribution < -0.4 is 0 Å². The molecule has 0 radical (unpaired) electrons. The minimum atomic E-state index is -0.399. The summed E-state index contributed by atoms with van der Waals surface area (Å²) in [6.45, 7) is 7.24. The molecule has 0 bridgehead atoms. The van der Waals surface area contributed by atoms with Crippen LogP contribution in [0, 0.1) is 0 Å². The Labute approximate surface area is 97.6 Å². The predicted molar refractivity (Wildman–Crippen MR) is 64.4 cm³/mol. The fourth-order valence-electron chi connectivity index (χ4n) is 1.59. The summed E-state index contributed by atoms with van der Waals surface area (Å²) in [4.78, 5) is 13.5. The van der Waals surface area contributed by atoms with Gasteiger partial charge >= 0.3 is 6.09 Å². The van der Waals surface area contributed by atoms with Crippen molar-refractivity contribution in [2.24, 2.45) is 0 Å². The van der Waals surface area contributed by atoms with Crippen LogP contribution in [0.15, 0.2) is 0 Å². The fourth-order valence-corrected chi connectivity index (χ4v) is 1.89. The maximum Gasteiger partial charge on any atom is 0.410 e. The van der Waals surface area contributed by atoms with Crippen molar-refractivity contribution in [2.75, 3.05) is 13.1 Å². The number of carbonyl (C=O) groups is 1. The van der Waals surface area contributed by atoms with Gasteiger partial charge in [0.1, 0.15) is 5.60 Å². The van der Waals surface area contributed by atoms with Crippen molar-refractivity contribution >= 4 is 18.7 Å². The Morgan fingerprint density at radius 1 is 1.33 bits per heavy atom. The molecule has 0 aliphatic carbocycles. The van der Waals surface area contributed by atoms with Gasteiger partial charge in [-0.3, -0.25) is 0 Å². The zero-order valence-corrected chi connectivity index (χ0v) is 10.7. The van der Waals surface area contributed by atoms with Gasteiger partial charge in [0.25, 0.3) is 0 Å². The van der Waals surface area contributed by atoms with Gasteiger partial charge in [0.15, 0.2) is 0 Å². The van der Waals surface area contributed by atoms with Crippen molar-refractivity contribution in [2.45, 2.75) is 50.9 Å². The molecule has 1 amide bonds. The smallest absolute Gasteiger partial charge is 0.410 e. The number of ether oxygens (including phenoxy) is 1. The summed E-state index contributed by atoms with van der Waals surface area (Å²) in [5.74, 6) is 0. The highest BCUT2D eigenvalue weighted by atomic mass is 32.1. The second kappa shape index (κ2) is 5.10. The highest BCUT2D eigenvalue weighted by Crippen LogP contribution is 2.18. The van der Waals surface area contributed by atoms with E-state index in [4.69, 9.17) is 4.74 Å². The Balaban J connectivity index is 2.45. The van der Waals surface area contributed by atoms with E-state index in [1.807, 2.05) is 20.8 Å². The lowest BCUT2D eigenvalue weighted by Crippen LogP contribution is -2.37. The van der Waals surface area contributed by atoms with E-state index < -0.39 is 5.60 Å². The van der Waals surface area contributed by atoms with Gasteiger partial charge < -0.3 is 9.64 Å². The molecule has 0 aromatic heterocycles. The third-order valence-corrected chi connectivity index (χ3v) is 2.87. The van der Waals surface area contributed by atoms with Gasteiger partial charge in [0, 0.05) is 18.3 Å². The van der Waals surface area contributed by atoms with Crippen molar-refractivity contribution in [3.63, 3.8) is 0 Å². The molecule has 0 unspecified atom stereocenters. The van der Waals surface area contributed by atoms with Crippen molar-refractivity contribution in [3.05, 3.63) is 0 Å². The lowest BCUT2D eigenvalue weighted by molar-refractivity contribution is 0.0257. The van der Waals surface area contributed by atoms with Crippen molar-refractivity contribution < 1.29 is 9.53 Å². The molecule has 0 aromatic rings. The molecule has 1 aliphatic heterocycles. The summed E-state index contributed by atoms with van der Waals surface area (Å²) in [6, 6.07) is 0. The molecule has 1 heterocycles. The van der Waals surface area contributed by atoms with E-state index in [2.05, 4.69) is 12.6 Å². The minimum absolute atomic E-state index is 0.190. The molecule has 0 N–H and O–H groups in total. The summed E-state index contributed by atoms with van der Waals surface area (Å²) in [5.41, 5.74) is -0.399. The Kier molecular flexibility index (Phi) is 4.32. The lowest BCUT2D eigenvalue weighted by Gasteiger charge is -2.26. The van der Waals surface area contributed by atoms with E-state index >= 15 is 0 Å². The van der Waals surface area contributed by atoms with E-state index in [0.717, 1.165) is 32.4 Å². The van der Waals surface area contributed by atoms with E-state index in [0.29, 0.717) is 5.25 Å². The van der Waals surface area contributed by atoms with Gasteiger partial charge in [0.05, 0.1) is 0 Å². The fraction of sp³-hybridized carbons (Fsp3) is 0.909. The Hall–Kier alpha value is -0.380. The highest BCUT2D eigenvalue weighted by Gasteiger charge is 2.23. The molecule has 0 spiro atoms. The first kappa shape index (κ1) is 12.7. The molecule has 1 rings (SSSR count). The molecule has 3 nitrogen and oxygen atoms in total. The molecule has 1 atom stereocenters. The van der Waals surface area contributed by atoms with Crippen LogP contribution in [0.2, 0.25) is 0 Å². The summed E-state index contributed by atoms with van der Waals surface area (Å²) < 4.78 is 5.33. The van der Waals surface area contributed by atoms with Gasteiger partial charge in [0.2, 0.25) is 0 Å². The molecule has 1 saturated heterocycles. The number of amides is 1. The van der Waals surface area contributed by atoms with Crippen molar-refractivity contribution in [3.8, 4) is 0 Å². The van der Waals surface area contributed by atoms with Gasteiger partial charge in [-0.2, -0.15) is 12.6 Å². The van der Waals surface area contributed by atoms with Crippen LogP contribution in [0.25, 0.3) is 0 Å². The molecule has 88 valence electrons. The summed E-state index contributed by atoms with van der Waals surface area (Å²) in [6.07, 6.45) is 2.88. The monoisotopic (exact) mass is 231 g/mol. The number of likely N-dealkylation sites (tertiary alicyclic amines) is 1. The molecule has 1 fully saturated rings. The van der Waals surface area contributed by atoms with Crippen LogP contribution in [0.1, 0.15) is 40.0 Å². The third-order valence-electron chi connectivity index (χ3n) is 2.35. The first-order valence-electron chi connectivity index (χ1n) is 5.54. The van der Waals surface area contributed by atoms with Crippen molar-refractivity contribution in [1.82, 2.24) is 4.90 Å². The number of thiol groups is 1. The second-order valence-electron chi connectivity index (χ2n) is 5.05. The topological polar surface area (TPSA) is 29.5 Å². The molecular weight excluding hydrogens is 210 g/mol. The van der Waals surface area contributed by atoms with Gasteiger partial charge in [-0.05, 0) is 40.0 Å². The van der Waals surface area contributed by atoms with E-state index in [9.17, 15) is 4.79 Å². The van der Waals surface area contributed by atoms with Gasteiger partial charge in [-0.15, -0.1) is 0 Å². The maximum absolute atomic E-state index is 11.8.